The van der Waals surface area contributed by atoms with E-state index in [0.717, 1.165) is 38.9 Å². The minimum atomic E-state index is -0.501. The van der Waals surface area contributed by atoms with Gasteiger partial charge >= 0.3 is 5.97 Å². The van der Waals surface area contributed by atoms with Crippen LogP contribution in [0.2, 0.25) is 0 Å². The van der Waals surface area contributed by atoms with Gasteiger partial charge in [0.05, 0.1) is 7.11 Å². The Morgan fingerprint density at radius 1 is 1.32 bits per heavy atom. The van der Waals surface area contributed by atoms with E-state index in [1.807, 2.05) is 6.92 Å². The molecule has 1 N–H and O–H groups in total. The Balaban J connectivity index is 2.33. The van der Waals surface area contributed by atoms with Crippen LogP contribution in [-0.4, -0.2) is 49.2 Å². The van der Waals surface area contributed by atoms with Crippen molar-refractivity contribution in [3.8, 4) is 0 Å². The van der Waals surface area contributed by atoms with Gasteiger partial charge in [-0.15, -0.1) is 0 Å². The van der Waals surface area contributed by atoms with Crippen molar-refractivity contribution >= 4 is 5.97 Å². The highest BCUT2D eigenvalue weighted by Crippen LogP contribution is 2.26. The van der Waals surface area contributed by atoms with Crippen molar-refractivity contribution in [1.82, 2.24) is 10.2 Å². The molecule has 1 aliphatic rings. The maximum absolute atomic E-state index is 11.9. The van der Waals surface area contributed by atoms with Gasteiger partial charge in [0.1, 0.15) is 5.54 Å². The van der Waals surface area contributed by atoms with Crippen LogP contribution in [0.15, 0.2) is 0 Å². The molecule has 1 saturated carbocycles. The lowest BCUT2D eigenvalue weighted by Crippen LogP contribution is -2.51. The highest BCUT2D eigenvalue weighted by Gasteiger charge is 2.38. The van der Waals surface area contributed by atoms with Crippen molar-refractivity contribution in [2.45, 2.75) is 64.5 Å². The zero-order valence-corrected chi connectivity index (χ0v) is 13.0. The first kappa shape index (κ1) is 16.4. The summed E-state index contributed by atoms with van der Waals surface area (Å²) in [6.45, 7) is 9.69. The number of esters is 1. The van der Waals surface area contributed by atoms with Crippen LogP contribution in [-0.2, 0) is 9.53 Å². The van der Waals surface area contributed by atoms with E-state index in [4.69, 9.17) is 4.74 Å². The summed E-state index contributed by atoms with van der Waals surface area (Å²) >= 11 is 0. The lowest BCUT2D eigenvalue weighted by molar-refractivity contribution is -0.148. The highest BCUT2D eigenvalue weighted by molar-refractivity contribution is 5.80. The number of nitrogens with one attached hydrogen (secondary N) is 1. The molecule has 0 aromatic heterocycles. The Kier molecular flexibility index (Phi) is 6.80. The normalized spacial score (nSPS) is 18.4. The van der Waals surface area contributed by atoms with E-state index in [0.29, 0.717) is 6.04 Å². The van der Waals surface area contributed by atoms with Crippen LogP contribution >= 0.6 is 0 Å². The molecular weight excluding hydrogens is 240 g/mol. The third kappa shape index (κ3) is 5.49. The SMILES string of the molecule is CCN(CC)CCCCC(C)(NC1CC1)C(=O)OC. The number of unbranched alkanes of at least 4 members (excludes halogenated alkanes) is 1. The number of hydrogen-bond acceptors (Lipinski definition) is 4. The summed E-state index contributed by atoms with van der Waals surface area (Å²) in [6.07, 6.45) is 5.43. The number of rotatable bonds is 10. The Labute approximate surface area is 117 Å². The molecule has 112 valence electrons. The van der Waals surface area contributed by atoms with E-state index in [1.165, 1.54) is 20.0 Å². The molecule has 1 atom stereocenters. The predicted octanol–water partition coefficient (Wildman–Crippen LogP) is 2.18. The van der Waals surface area contributed by atoms with E-state index in [-0.39, 0.29) is 5.97 Å². The van der Waals surface area contributed by atoms with Crippen molar-refractivity contribution in [3.05, 3.63) is 0 Å². The van der Waals surface area contributed by atoms with Crippen LogP contribution in [0.3, 0.4) is 0 Å². The Hall–Kier alpha value is -0.610. The van der Waals surface area contributed by atoms with Gasteiger partial charge in [-0.1, -0.05) is 13.8 Å². The van der Waals surface area contributed by atoms with Gasteiger partial charge in [-0.05, 0) is 58.7 Å². The zero-order valence-electron chi connectivity index (χ0n) is 13.0. The lowest BCUT2D eigenvalue weighted by Gasteiger charge is -2.28. The average molecular weight is 270 g/mol. The van der Waals surface area contributed by atoms with Crippen LogP contribution in [0.25, 0.3) is 0 Å². The quantitative estimate of drug-likeness (QED) is 0.488. The summed E-state index contributed by atoms with van der Waals surface area (Å²) in [5.74, 6) is -0.123. The zero-order chi connectivity index (χ0) is 14.3. The monoisotopic (exact) mass is 270 g/mol. The van der Waals surface area contributed by atoms with Gasteiger partial charge in [-0.2, -0.15) is 0 Å². The summed E-state index contributed by atoms with van der Waals surface area (Å²) in [4.78, 5) is 14.4. The fourth-order valence-corrected chi connectivity index (χ4v) is 2.49. The van der Waals surface area contributed by atoms with Gasteiger partial charge in [-0.3, -0.25) is 10.1 Å². The molecule has 0 bridgehead atoms. The molecule has 1 aliphatic carbocycles. The van der Waals surface area contributed by atoms with Gasteiger partial charge in [0, 0.05) is 6.04 Å². The molecular formula is C15H30N2O2. The van der Waals surface area contributed by atoms with Gasteiger partial charge in [-0.25, -0.2) is 0 Å². The van der Waals surface area contributed by atoms with Crippen molar-refractivity contribution in [2.75, 3.05) is 26.7 Å². The van der Waals surface area contributed by atoms with Crippen LogP contribution in [0.1, 0.15) is 52.9 Å². The topological polar surface area (TPSA) is 41.6 Å². The second kappa shape index (κ2) is 7.85. The molecule has 0 aromatic rings. The molecule has 0 saturated heterocycles. The fourth-order valence-electron chi connectivity index (χ4n) is 2.49. The smallest absolute Gasteiger partial charge is 0.325 e. The molecule has 1 rings (SSSR count). The molecule has 0 heterocycles. The summed E-state index contributed by atoms with van der Waals surface area (Å²) in [5.41, 5.74) is -0.501. The van der Waals surface area contributed by atoms with Crippen molar-refractivity contribution in [1.29, 1.82) is 0 Å². The van der Waals surface area contributed by atoms with Crippen LogP contribution < -0.4 is 5.32 Å². The van der Waals surface area contributed by atoms with E-state index < -0.39 is 5.54 Å². The Morgan fingerprint density at radius 2 is 1.95 bits per heavy atom. The lowest BCUT2D eigenvalue weighted by atomic mass is 9.94. The standard InChI is InChI=1S/C15H30N2O2/c1-5-17(6-2)12-8-7-11-15(3,14(18)19-4)16-13-9-10-13/h13,16H,5-12H2,1-4H3. The number of hydrogen-bond donors (Lipinski definition) is 1. The minimum absolute atomic E-state index is 0.123. The molecule has 19 heavy (non-hydrogen) atoms. The first-order valence-electron chi connectivity index (χ1n) is 7.64. The van der Waals surface area contributed by atoms with Crippen LogP contribution in [0, 0.1) is 0 Å². The maximum Gasteiger partial charge on any atom is 0.325 e. The third-order valence-corrected chi connectivity index (χ3v) is 4.03. The van der Waals surface area contributed by atoms with E-state index >= 15 is 0 Å². The predicted molar refractivity (Wildman–Crippen MR) is 78.2 cm³/mol. The molecule has 0 aromatic carbocycles. The van der Waals surface area contributed by atoms with Crippen molar-refractivity contribution in [2.24, 2.45) is 0 Å². The maximum atomic E-state index is 11.9. The molecule has 1 unspecified atom stereocenters. The number of methoxy groups -OCH3 is 1. The number of carbonyl (C=O) groups is 1. The highest BCUT2D eigenvalue weighted by atomic mass is 16.5. The second-order valence-corrected chi connectivity index (χ2v) is 5.73. The minimum Gasteiger partial charge on any atom is -0.468 e. The first-order chi connectivity index (χ1) is 9.05. The number of carbonyl (C=O) groups excluding carboxylic acids is 1. The van der Waals surface area contributed by atoms with Gasteiger partial charge < -0.3 is 9.64 Å². The Morgan fingerprint density at radius 3 is 2.42 bits per heavy atom. The number of ether oxygens (including phenoxy) is 1. The summed E-state index contributed by atoms with van der Waals surface area (Å²) in [7, 11) is 1.48. The third-order valence-electron chi connectivity index (χ3n) is 4.03. The van der Waals surface area contributed by atoms with Gasteiger partial charge in [0.25, 0.3) is 0 Å². The summed E-state index contributed by atoms with van der Waals surface area (Å²) < 4.78 is 4.95. The largest absolute Gasteiger partial charge is 0.468 e. The molecule has 0 amide bonds. The van der Waals surface area contributed by atoms with E-state index in [2.05, 4.69) is 24.1 Å². The first-order valence-corrected chi connectivity index (χ1v) is 7.64. The molecule has 4 nitrogen and oxygen atoms in total. The second-order valence-electron chi connectivity index (χ2n) is 5.73. The summed E-state index contributed by atoms with van der Waals surface area (Å²) in [6, 6.07) is 0.520. The summed E-state index contributed by atoms with van der Waals surface area (Å²) in [5, 5.41) is 3.45. The molecule has 0 spiro atoms. The molecule has 4 heteroatoms. The Bertz CT molecular complexity index is 275. The van der Waals surface area contributed by atoms with Crippen molar-refractivity contribution < 1.29 is 9.53 Å². The van der Waals surface area contributed by atoms with Crippen LogP contribution in [0.5, 0.6) is 0 Å². The van der Waals surface area contributed by atoms with Gasteiger partial charge in [0.15, 0.2) is 0 Å². The number of nitrogens with zero attached hydrogens (tertiary/aromatic N) is 1. The average Bonchev–Trinajstić information content (AvgIpc) is 3.21. The molecule has 1 fully saturated rings. The van der Waals surface area contributed by atoms with Gasteiger partial charge in [0.2, 0.25) is 0 Å². The fraction of sp³-hybridized carbons (Fsp3) is 0.933. The van der Waals surface area contributed by atoms with Crippen molar-refractivity contribution in [3.63, 3.8) is 0 Å². The van der Waals surface area contributed by atoms with E-state index in [9.17, 15) is 4.79 Å². The van der Waals surface area contributed by atoms with Crippen LogP contribution in [0.4, 0.5) is 0 Å². The van der Waals surface area contributed by atoms with E-state index in [1.54, 1.807) is 0 Å². The molecule has 0 aliphatic heterocycles. The molecule has 0 radical (unpaired) electrons.